The fraction of sp³-hybridized carbons (Fsp3) is 0.120. The van der Waals surface area contributed by atoms with E-state index < -0.39 is 0 Å². The molecule has 0 radical (unpaired) electrons. The fourth-order valence-electron chi connectivity index (χ4n) is 3.19. The maximum atomic E-state index is 12.9. The Morgan fingerprint density at radius 2 is 1.66 bits per heavy atom. The van der Waals surface area contributed by atoms with Gasteiger partial charge in [0.2, 0.25) is 0 Å². The lowest BCUT2D eigenvalue weighted by Crippen LogP contribution is -2.29. The third-order valence-electron chi connectivity index (χ3n) is 4.88. The van der Waals surface area contributed by atoms with Crippen LogP contribution in [0.4, 0.5) is 0 Å². The third-order valence-corrected chi connectivity index (χ3v) is 4.88. The number of hydrogen-bond acceptors (Lipinski definition) is 6. The van der Waals surface area contributed by atoms with Crippen molar-refractivity contribution in [1.29, 1.82) is 0 Å². The molecule has 7 heteroatoms. The van der Waals surface area contributed by atoms with Crippen LogP contribution in [0.15, 0.2) is 89.7 Å². The van der Waals surface area contributed by atoms with Gasteiger partial charge >= 0.3 is 0 Å². The number of hydrogen-bond donors (Lipinski definition) is 1. The Morgan fingerprint density at radius 1 is 0.969 bits per heavy atom. The summed E-state index contributed by atoms with van der Waals surface area (Å²) in [5, 5.41) is 6.89. The molecule has 0 unspecified atom stereocenters. The molecule has 0 saturated heterocycles. The predicted molar refractivity (Wildman–Crippen MR) is 117 cm³/mol. The number of benzene rings is 2. The summed E-state index contributed by atoms with van der Waals surface area (Å²) in [7, 11) is 0. The Kier molecular flexibility index (Phi) is 6.36. The number of aromatic nitrogens is 2. The van der Waals surface area contributed by atoms with Crippen LogP contribution in [-0.4, -0.2) is 21.8 Å². The Hall–Kier alpha value is -4.26. The van der Waals surface area contributed by atoms with Gasteiger partial charge in [-0.2, -0.15) is 0 Å². The van der Waals surface area contributed by atoms with E-state index in [1.165, 1.54) is 6.92 Å². The first-order valence-corrected chi connectivity index (χ1v) is 10.1. The first-order chi connectivity index (χ1) is 15.6. The van der Waals surface area contributed by atoms with E-state index in [1.807, 2.05) is 42.5 Å². The van der Waals surface area contributed by atoms with E-state index in [9.17, 15) is 9.59 Å². The SMILES string of the molecule is CC(=O)c1ccc(OCc2cc(C(=O)N[C@@H](c3ccccc3)c3ccncc3)no2)cc1. The van der Waals surface area contributed by atoms with Crippen LogP contribution in [0.25, 0.3) is 0 Å². The summed E-state index contributed by atoms with van der Waals surface area (Å²) in [6.07, 6.45) is 3.37. The van der Waals surface area contributed by atoms with Gasteiger partial charge in [-0.15, -0.1) is 0 Å². The first-order valence-electron chi connectivity index (χ1n) is 10.1. The van der Waals surface area contributed by atoms with Crippen LogP contribution in [0.3, 0.4) is 0 Å². The second-order valence-corrected chi connectivity index (χ2v) is 7.15. The topological polar surface area (TPSA) is 94.3 Å². The van der Waals surface area contributed by atoms with E-state index in [0.717, 1.165) is 11.1 Å². The molecule has 2 aromatic carbocycles. The molecule has 1 atom stereocenters. The first kappa shape index (κ1) is 21.0. The van der Waals surface area contributed by atoms with Gasteiger partial charge in [-0.25, -0.2) is 0 Å². The van der Waals surface area contributed by atoms with Gasteiger partial charge in [-0.3, -0.25) is 14.6 Å². The largest absolute Gasteiger partial charge is 0.486 e. The summed E-state index contributed by atoms with van der Waals surface area (Å²) in [4.78, 5) is 28.3. The molecular formula is C25H21N3O4. The monoisotopic (exact) mass is 427 g/mol. The number of Topliss-reactive ketones (excluding diaryl/α,β-unsaturated/α-hetero) is 1. The van der Waals surface area contributed by atoms with Crippen LogP contribution in [0.2, 0.25) is 0 Å². The van der Waals surface area contributed by atoms with Crippen molar-refractivity contribution in [2.24, 2.45) is 0 Å². The number of amides is 1. The Bertz CT molecular complexity index is 1150. The summed E-state index contributed by atoms with van der Waals surface area (Å²) >= 11 is 0. The Morgan fingerprint density at radius 3 is 2.34 bits per heavy atom. The van der Waals surface area contributed by atoms with E-state index in [2.05, 4.69) is 15.5 Å². The molecule has 160 valence electrons. The van der Waals surface area contributed by atoms with Gasteiger partial charge in [-0.1, -0.05) is 35.5 Å². The summed E-state index contributed by atoms with van der Waals surface area (Å²) in [5.74, 6) is 0.615. The quantitative estimate of drug-likeness (QED) is 0.420. The second kappa shape index (κ2) is 9.70. The third kappa shape index (κ3) is 5.07. The minimum atomic E-state index is -0.364. The zero-order chi connectivity index (χ0) is 22.3. The molecule has 0 aliphatic rings. The predicted octanol–water partition coefficient (Wildman–Crippen LogP) is 4.37. The van der Waals surface area contributed by atoms with Crippen molar-refractivity contribution in [3.63, 3.8) is 0 Å². The van der Waals surface area contributed by atoms with Crippen molar-refractivity contribution < 1.29 is 18.8 Å². The van der Waals surface area contributed by atoms with Crippen molar-refractivity contribution >= 4 is 11.7 Å². The van der Waals surface area contributed by atoms with Crippen LogP contribution in [0, 0.1) is 0 Å². The van der Waals surface area contributed by atoms with Gasteiger partial charge in [-0.05, 0) is 54.4 Å². The summed E-state index contributed by atoms with van der Waals surface area (Å²) in [6, 6.07) is 21.4. The molecule has 0 saturated carbocycles. The smallest absolute Gasteiger partial charge is 0.274 e. The van der Waals surface area contributed by atoms with E-state index in [1.54, 1.807) is 42.7 Å². The highest BCUT2D eigenvalue weighted by Crippen LogP contribution is 2.22. The summed E-state index contributed by atoms with van der Waals surface area (Å²) < 4.78 is 10.9. The van der Waals surface area contributed by atoms with Crippen molar-refractivity contribution in [2.45, 2.75) is 19.6 Å². The molecule has 32 heavy (non-hydrogen) atoms. The Labute approximate surface area is 185 Å². The zero-order valence-electron chi connectivity index (χ0n) is 17.4. The molecule has 0 fully saturated rings. The lowest BCUT2D eigenvalue weighted by molar-refractivity contribution is 0.0932. The number of carbonyl (C=O) groups excluding carboxylic acids is 2. The maximum Gasteiger partial charge on any atom is 0.274 e. The van der Waals surface area contributed by atoms with Gasteiger partial charge in [0.15, 0.2) is 17.2 Å². The highest BCUT2D eigenvalue weighted by atomic mass is 16.5. The molecule has 4 rings (SSSR count). The van der Waals surface area contributed by atoms with Crippen LogP contribution >= 0.6 is 0 Å². The van der Waals surface area contributed by atoms with Gasteiger partial charge in [0, 0.05) is 24.0 Å². The van der Waals surface area contributed by atoms with Crippen molar-refractivity contribution in [1.82, 2.24) is 15.5 Å². The number of carbonyl (C=O) groups is 2. The average Bonchev–Trinajstić information content (AvgIpc) is 3.32. The van der Waals surface area contributed by atoms with E-state index in [-0.39, 0.29) is 30.0 Å². The molecular weight excluding hydrogens is 406 g/mol. The molecule has 0 aliphatic heterocycles. The molecule has 7 nitrogen and oxygen atoms in total. The number of nitrogens with one attached hydrogen (secondary N) is 1. The molecule has 1 N–H and O–H groups in total. The fourth-order valence-corrected chi connectivity index (χ4v) is 3.19. The number of rotatable bonds is 8. The normalized spacial score (nSPS) is 11.5. The van der Waals surface area contributed by atoms with Crippen LogP contribution < -0.4 is 10.1 Å². The van der Waals surface area contributed by atoms with E-state index in [4.69, 9.17) is 9.26 Å². The van der Waals surface area contributed by atoms with Crippen LogP contribution in [0.5, 0.6) is 5.75 Å². The molecule has 1 amide bonds. The van der Waals surface area contributed by atoms with E-state index in [0.29, 0.717) is 17.1 Å². The molecule has 2 heterocycles. The minimum Gasteiger partial charge on any atom is -0.486 e. The standard InChI is InChI=1S/C25H21N3O4/c1-17(29)18-7-9-21(10-8-18)31-16-22-15-23(28-32-22)25(30)27-24(19-5-3-2-4-6-19)20-11-13-26-14-12-20/h2-15,24H,16H2,1H3,(H,27,30)/t24-/m0/s1. The summed E-state index contributed by atoms with van der Waals surface area (Å²) in [6.45, 7) is 1.61. The molecule has 2 aromatic heterocycles. The number of nitrogens with zero attached hydrogens (tertiary/aromatic N) is 2. The van der Waals surface area contributed by atoms with Gasteiger partial charge in [0.1, 0.15) is 12.4 Å². The molecule has 4 aromatic rings. The highest BCUT2D eigenvalue weighted by Gasteiger charge is 2.20. The molecule has 0 spiro atoms. The highest BCUT2D eigenvalue weighted by molar-refractivity contribution is 5.94. The maximum absolute atomic E-state index is 12.9. The summed E-state index contributed by atoms with van der Waals surface area (Å²) in [5.41, 5.74) is 2.61. The zero-order valence-corrected chi connectivity index (χ0v) is 17.4. The minimum absolute atomic E-state index is 0.0111. The lowest BCUT2D eigenvalue weighted by Gasteiger charge is -2.19. The number of pyridine rings is 1. The second-order valence-electron chi connectivity index (χ2n) is 7.15. The van der Waals surface area contributed by atoms with Crippen molar-refractivity contribution in [2.75, 3.05) is 0 Å². The molecule has 0 bridgehead atoms. The van der Waals surface area contributed by atoms with E-state index >= 15 is 0 Å². The number of ketones is 1. The average molecular weight is 427 g/mol. The number of ether oxygens (including phenoxy) is 1. The van der Waals surface area contributed by atoms with Gasteiger partial charge < -0.3 is 14.6 Å². The molecule has 0 aliphatic carbocycles. The van der Waals surface area contributed by atoms with Crippen LogP contribution in [-0.2, 0) is 6.61 Å². The van der Waals surface area contributed by atoms with Crippen molar-refractivity contribution in [3.05, 3.63) is 113 Å². The lowest BCUT2D eigenvalue weighted by atomic mass is 9.99. The van der Waals surface area contributed by atoms with Gasteiger partial charge in [0.25, 0.3) is 5.91 Å². The van der Waals surface area contributed by atoms with Gasteiger partial charge in [0.05, 0.1) is 6.04 Å². The Balaban J connectivity index is 1.43. The van der Waals surface area contributed by atoms with Crippen LogP contribution in [0.1, 0.15) is 50.7 Å². The van der Waals surface area contributed by atoms with Crippen molar-refractivity contribution in [3.8, 4) is 5.75 Å².